The molecule has 0 aliphatic carbocycles. The molecule has 2 aromatic carbocycles. The zero-order valence-corrected chi connectivity index (χ0v) is 17.2. The first-order chi connectivity index (χ1) is 13.8. The molecule has 0 fully saturated rings. The molecule has 0 saturated heterocycles. The van der Waals surface area contributed by atoms with Gasteiger partial charge in [0.2, 0.25) is 0 Å². The number of benzene rings is 2. The van der Waals surface area contributed by atoms with Crippen LogP contribution in [0.4, 0.5) is 0 Å². The number of pyridine rings is 1. The zero-order valence-electron chi connectivity index (χ0n) is 16.4. The second kappa shape index (κ2) is 8.45. The lowest BCUT2D eigenvalue weighted by Gasteiger charge is -2.14. The highest BCUT2D eigenvalue weighted by Crippen LogP contribution is 2.23. The average molecular weight is 410 g/mol. The Morgan fingerprint density at radius 1 is 1.00 bits per heavy atom. The van der Waals surface area contributed by atoms with Gasteiger partial charge in [-0.1, -0.05) is 12.1 Å². The zero-order chi connectivity index (χ0) is 21.0. The van der Waals surface area contributed by atoms with Gasteiger partial charge >= 0.3 is 10.1 Å². The monoisotopic (exact) mass is 410 g/mol. The minimum absolute atomic E-state index is 0.130. The summed E-state index contributed by atoms with van der Waals surface area (Å²) in [5.41, 5.74) is 2.78. The van der Waals surface area contributed by atoms with Gasteiger partial charge in [-0.05, 0) is 79.9 Å². The summed E-state index contributed by atoms with van der Waals surface area (Å²) >= 11 is 0. The van der Waals surface area contributed by atoms with Crippen molar-refractivity contribution in [2.24, 2.45) is 0 Å². The fourth-order valence-corrected chi connectivity index (χ4v) is 4.07. The van der Waals surface area contributed by atoms with Crippen LogP contribution in [0.1, 0.15) is 40.0 Å². The fraction of sp³-hybridized carbons (Fsp3) is 0.182. The molecule has 150 valence electrons. The van der Waals surface area contributed by atoms with Gasteiger partial charge in [0, 0.05) is 18.0 Å². The van der Waals surface area contributed by atoms with Crippen LogP contribution in [0.3, 0.4) is 0 Å². The van der Waals surface area contributed by atoms with Gasteiger partial charge in [-0.2, -0.15) is 8.42 Å². The Balaban J connectivity index is 1.71. The first-order valence-corrected chi connectivity index (χ1v) is 10.5. The number of nitrogens with zero attached hydrogens (tertiary/aromatic N) is 1. The molecule has 29 heavy (non-hydrogen) atoms. The predicted molar refractivity (Wildman–Crippen MR) is 110 cm³/mol. The molecule has 1 heterocycles. The molecular formula is C22H22N2O4S. The predicted octanol–water partition coefficient (Wildman–Crippen LogP) is 3.96. The van der Waals surface area contributed by atoms with E-state index in [4.69, 9.17) is 4.18 Å². The number of amides is 1. The van der Waals surface area contributed by atoms with E-state index in [1.165, 1.54) is 24.3 Å². The number of hydrogen-bond donors (Lipinski definition) is 1. The maximum atomic E-state index is 12.6. The molecule has 0 spiro atoms. The van der Waals surface area contributed by atoms with Crippen LogP contribution in [-0.4, -0.2) is 19.3 Å². The fourth-order valence-electron chi connectivity index (χ4n) is 2.83. The van der Waals surface area contributed by atoms with E-state index < -0.39 is 10.1 Å². The third-order valence-electron chi connectivity index (χ3n) is 4.49. The van der Waals surface area contributed by atoms with Gasteiger partial charge in [0.25, 0.3) is 5.91 Å². The maximum Gasteiger partial charge on any atom is 0.339 e. The van der Waals surface area contributed by atoms with Crippen LogP contribution < -0.4 is 9.50 Å². The van der Waals surface area contributed by atoms with Crippen molar-refractivity contribution in [3.63, 3.8) is 0 Å². The third kappa shape index (κ3) is 5.00. The average Bonchev–Trinajstić information content (AvgIpc) is 2.70. The molecule has 0 aliphatic heterocycles. The number of hydrogen-bond acceptors (Lipinski definition) is 5. The molecule has 1 amide bonds. The van der Waals surface area contributed by atoms with E-state index in [-0.39, 0.29) is 22.6 Å². The van der Waals surface area contributed by atoms with Gasteiger partial charge in [0.1, 0.15) is 10.6 Å². The molecule has 1 unspecified atom stereocenters. The highest BCUT2D eigenvalue weighted by Gasteiger charge is 2.20. The van der Waals surface area contributed by atoms with Gasteiger partial charge in [0.15, 0.2) is 0 Å². The number of rotatable bonds is 6. The number of aryl methyl sites for hydroxylation is 2. The minimum atomic E-state index is -3.96. The quantitative estimate of drug-likeness (QED) is 0.622. The molecule has 7 heteroatoms. The van der Waals surface area contributed by atoms with Gasteiger partial charge in [-0.3, -0.25) is 9.78 Å². The molecule has 0 aliphatic rings. The molecule has 0 bridgehead atoms. The van der Waals surface area contributed by atoms with E-state index in [0.717, 1.165) is 11.1 Å². The summed E-state index contributed by atoms with van der Waals surface area (Å²) in [6.45, 7) is 5.41. The van der Waals surface area contributed by atoms with Crippen molar-refractivity contribution in [1.82, 2.24) is 10.3 Å². The topological polar surface area (TPSA) is 85.4 Å². The van der Waals surface area contributed by atoms with Crippen LogP contribution in [0, 0.1) is 13.8 Å². The van der Waals surface area contributed by atoms with Crippen LogP contribution in [0.25, 0.3) is 0 Å². The molecule has 0 radical (unpaired) electrons. The van der Waals surface area contributed by atoms with E-state index in [1.54, 1.807) is 31.5 Å². The van der Waals surface area contributed by atoms with Crippen LogP contribution in [-0.2, 0) is 10.1 Å². The van der Waals surface area contributed by atoms with E-state index in [9.17, 15) is 13.2 Å². The molecule has 0 saturated carbocycles. The first-order valence-electron chi connectivity index (χ1n) is 9.09. The summed E-state index contributed by atoms with van der Waals surface area (Å²) in [5.74, 6) is -0.122. The van der Waals surface area contributed by atoms with Gasteiger partial charge in [0.05, 0.1) is 6.04 Å². The summed E-state index contributed by atoms with van der Waals surface area (Å²) in [6.07, 6.45) is 3.33. The molecule has 6 nitrogen and oxygen atoms in total. The maximum absolute atomic E-state index is 12.6. The summed E-state index contributed by atoms with van der Waals surface area (Å²) in [5, 5.41) is 2.89. The van der Waals surface area contributed by atoms with Gasteiger partial charge < -0.3 is 9.50 Å². The lowest BCUT2D eigenvalue weighted by molar-refractivity contribution is 0.0940. The van der Waals surface area contributed by atoms with Crippen LogP contribution in [0.2, 0.25) is 0 Å². The van der Waals surface area contributed by atoms with Crippen molar-refractivity contribution in [2.45, 2.75) is 31.7 Å². The Labute approximate surface area is 170 Å². The van der Waals surface area contributed by atoms with Crippen LogP contribution >= 0.6 is 0 Å². The molecular weight excluding hydrogens is 388 g/mol. The second-order valence-corrected chi connectivity index (χ2v) is 8.32. The largest absolute Gasteiger partial charge is 0.379 e. The lowest BCUT2D eigenvalue weighted by Crippen LogP contribution is -2.26. The summed E-state index contributed by atoms with van der Waals surface area (Å²) < 4.78 is 30.4. The Kier molecular flexibility index (Phi) is 5.98. The number of aromatic nitrogens is 1. The van der Waals surface area contributed by atoms with Crippen molar-refractivity contribution < 1.29 is 17.4 Å². The Morgan fingerprint density at radius 3 is 2.31 bits per heavy atom. The normalized spacial score (nSPS) is 12.2. The van der Waals surface area contributed by atoms with E-state index in [2.05, 4.69) is 10.3 Å². The highest BCUT2D eigenvalue weighted by atomic mass is 32.2. The smallest absolute Gasteiger partial charge is 0.339 e. The SMILES string of the molecule is Cc1ccc(C)c(S(=O)(=O)Oc2ccc(C(=O)NC(C)c3ccncc3)cc2)c1. The molecule has 3 aromatic rings. The summed E-state index contributed by atoms with van der Waals surface area (Å²) in [6, 6.07) is 14.6. The van der Waals surface area contributed by atoms with Gasteiger partial charge in [-0.15, -0.1) is 0 Å². The van der Waals surface area contributed by atoms with E-state index in [1.807, 2.05) is 32.0 Å². The Morgan fingerprint density at radius 2 is 1.66 bits per heavy atom. The van der Waals surface area contributed by atoms with E-state index in [0.29, 0.717) is 11.1 Å². The molecule has 1 atom stereocenters. The summed E-state index contributed by atoms with van der Waals surface area (Å²) in [7, 11) is -3.96. The van der Waals surface area contributed by atoms with E-state index >= 15 is 0 Å². The first kappa shape index (κ1) is 20.5. The Bertz CT molecular complexity index is 1110. The van der Waals surface area contributed by atoms with Crippen molar-refractivity contribution in [3.8, 4) is 5.75 Å². The number of carbonyl (C=O) groups excluding carboxylic acids is 1. The lowest BCUT2D eigenvalue weighted by atomic mass is 10.1. The Hall–Kier alpha value is -3.19. The standard InChI is InChI=1S/C22H22N2O4S/c1-15-4-5-16(2)21(14-15)29(26,27)28-20-8-6-19(7-9-20)22(25)24-17(3)18-10-12-23-13-11-18/h4-14,17H,1-3H3,(H,24,25). The van der Waals surface area contributed by atoms with Crippen molar-refractivity contribution in [2.75, 3.05) is 0 Å². The van der Waals surface area contributed by atoms with Gasteiger partial charge in [-0.25, -0.2) is 0 Å². The second-order valence-electron chi connectivity index (χ2n) is 6.81. The van der Waals surface area contributed by atoms with Crippen LogP contribution in [0.5, 0.6) is 5.75 Å². The highest BCUT2D eigenvalue weighted by molar-refractivity contribution is 7.87. The van der Waals surface area contributed by atoms with Crippen molar-refractivity contribution in [3.05, 3.63) is 89.2 Å². The summed E-state index contributed by atoms with van der Waals surface area (Å²) in [4.78, 5) is 16.5. The van der Waals surface area contributed by atoms with Crippen molar-refractivity contribution >= 4 is 16.0 Å². The minimum Gasteiger partial charge on any atom is -0.379 e. The third-order valence-corrected chi connectivity index (χ3v) is 5.88. The van der Waals surface area contributed by atoms with Crippen LogP contribution in [0.15, 0.2) is 71.9 Å². The molecule has 1 N–H and O–H groups in total. The van der Waals surface area contributed by atoms with Crippen molar-refractivity contribution in [1.29, 1.82) is 0 Å². The molecule has 3 rings (SSSR count). The number of nitrogens with one attached hydrogen (secondary N) is 1. The number of carbonyl (C=O) groups is 1. The molecule has 1 aromatic heterocycles.